The van der Waals surface area contributed by atoms with E-state index in [0.717, 1.165) is 62.7 Å². The molecule has 0 aliphatic heterocycles. The average Bonchev–Trinajstić information content (AvgIpc) is 3.47. The second-order valence-electron chi connectivity index (χ2n) is 7.61. The van der Waals surface area contributed by atoms with Crippen LogP contribution in [-0.2, 0) is 0 Å². The summed E-state index contributed by atoms with van der Waals surface area (Å²) in [5, 5.41) is 0. The zero-order valence-electron chi connectivity index (χ0n) is 17.8. The molecule has 0 atom stereocenters. The van der Waals surface area contributed by atoms with Crippen LogP contribution in [0.15, 0.2) is 93.6 Å². The van der Waals surface area contributed by atoms with Crippen molar-refractivity contribution < 1.29 is 0 Å². The number of benzene rings is 4. The number of para-hydroxylation sites is 4. The smallest absolute Gasteiger partial charge is 0.162 e. The van der Waals surface area contributed by atoms with Crippen molar-refractivity contribution in [3.63, 3.8) is 0 Å². The van der Waals surface area contributed by atoms with Crippen LogP contribution < -0.4 is 11.5 Å². The first-order chi connectivity index (χ1) is 16.7. The van der Waals surface area contributed by atoms with E-state index in [1.807, 2.05) is 48.5 Å². The quantitative estimate of drug-likeness (QED) is 0.178. The van der Waals surface area contributed by atoms with Crippen molar-refractivity contribution >= 4 is 76.1 Å². The van der Waals surface area contributed by atoms with Crippen molar-refractivity contribution in [3.05, 3.63) is 84.9 Å². The molecule has 0 saturated carbocycles. The number of thiazole rings is 2. The van der Waals surface area contributed by atoms with Crippen LogP contribution in [0.1, 0.15) is 0 Å². The summed E-state index contributed by atoms with van der Waals surface area (Å²) in [4.78, 5) is 9.88. The van der Waals surface area contributed by atoms with Crippen LogP contribution in [0, 0.1) is 0 Å². The maximum absolute atomic E-state index is 6.24. The van der Waals surface area contributed by atoms with Gasteiger partial charge in [-0.1, -0.05) is 60.7 Å². The van der Waals surface area contributed by atoms with E-state index in [2.05, 4.69) is 36.4 Å². The molecular formula is C26H18N4S4. The molecule has 0 fully saturated rings. The maximum atomic E-state index is 6.24. The molecule has 0 aliphatic carbocycles. The van der Waals surface area contributed by atoms with Crippen LogP contribution in [0.25, 0.3) is 42.7 Å². The Kier molecular flexibility index (Phi) is 5.66. The first-order valence-electron chi connectivity index (χ1n) is 10.5. The van der Waals surface area contributed by atoms with Gasteiger partial charge in [-0.15, -0.1) is 22.7 Å². The highest BCUT2D eigenvalue weighted by Crippen LogP contribution is 2.46. The first kappa shape index (κ1) is 21.5. The zero-order chi connectivity index (χ0) is 23.1. The molecule has 6 aromatic rings. The van der Waals surface area contributed by atoms with Crippen molar-refractivity contribution in [2.24, 2.45) is 0 Å². The maximum Gasteiger partial charge on any atom is 0.162 e. The van der Waals surface area contributed by atoms with Crippen LogP contribution in [0.5, 0.6) is 0 Å². The normalized spacial score (nSPS) is 11.4. The Morgan fingerprint density at radius 3 is 1.35 bits per heavy atom. The minimum Gasteiger partial charge on any atom is -0.398 e. The molecule has 8 heteroatoms. The fourth-order valence-corrected chi connectivity index (χ4v) is 8.45. The van der Waals surface area contributed by atoms with Gasteiger partial charge in [-0.25, -0.2) is 9.97 Å². The number of rotatable bonds is 5. The van der Waals surface area contributed by atoms with E-state index in [0.29, 0.717) is 0 Å². The lowest BCUT2D eigenvalue weighted by Crippen LogP contribution is -1.89. The topological polar surface area (TPSA) is 77.8 Å². The Bertz CT molecular complexity index is 1530. The van der Waals surface area contributed by atoms with E-state index >= 15 is 0 Å². The number of nitrogens with zero attached hydrogens (tertiary/aromatic N) is 2. The molecule has 0 bridgehead atoms. The largest absolute Gasteiger partial charge is 0.398 e. The molecule has 34 heavy (non-hydrogen) atoms. The van der Waals surface area contributed by atoms with E-state index < -0.39 is 0 Å². The molecule has 6 rings (SSSR count). The number of fused-ring (bicyclic) bond motifs is 2. The molecule has 0 amide bonds. The van der Waals surface area contributed by atoms with Crippen LogP contribution >= 0.6 is 44.3 Å². The predicted molar refractivity (Wildman–Crippen MR) is 151 cm³/mol. The van der Waals surface area contributed by atoms with Crippen LogP contribution in [0.3, 0.4) is 0 Å². The van der Waals surface area contributed by atoms with Crippen LogP contribution in [-0.4, -0.2) is 9.97 Å². The summed E-state index contributed by atoms with van der Waals surface area (Å²) in [7, 11) is 3.29. The van der Waals surface area contributed by atoms with Gasteiger partial charge in [0.05, 0.1) is 20.4 Å². The minimum atomic E-state index is 0.760. The van der Waals surface area contributed by atoms with E-state index in [4.69, 9.17) is 21.4 Å². The van der Waals surface area contributed by atoms with Crippen LogP contribution in [0.4, 0.5) is 11.4 Å². The molecular weight excluding hydrogens is 497 g/mol. The van der Waals surface area contributed by atoms with Gasteiger partial charge >= 0.3 is 0 Å². The second kappa shape index (κ2) is 8.96. The first-order valence-corrected chi connectivity index (χ1v) is 14.3. The number of anilines is 2. The molecule has 0 aliphatic rings. The van der Waals surface area contributed by atoms with Gasteiger partial charge in [-0.3, -0.25) is 0 Å². The number of hydrogen-bond donors (Lipinski definition) is 2. The molecule has 0 saturated heterocycles. The number of hydrogen-bond acceptors (Lipinski definition) is 8. The molecule has 4 N–H and O–H groups in total. The molecule has 2 aromatic heterocycles. The van der Waals surface area contributed by atoms with Crippen molar-refractivity contribution in [3.8, 4) is 22.3 Å². The van der Waals surface area contributed by atoms with Gasteiger partial charge in [0.25, 0.3) is 0 Å². The summed E-state index contributed by atoms with van der Waals surface area (Å²) in [5.41, 5.74) is 20.1. The summed E-state index contributed by atoms with van der Waals surface area (Å²) in [5.74, 6) is 0. The molecule has 2 heterocycles. The van der Waals surface area contributed by atoms with E-state index in [-0.39, 0.29) is 0 Å². The van der Waals surface area contributed by atoms with Crippen molar-refractivity contribution in [1.29, 1.82) is 0 Å². The summed E-state index contributed by atoms with van der Waals surface area (Å²) in [6.07, 6.45) is 0. The van der Waals surface area contributed by atoms with Gasteiger partial charge in [-0.05, 0) is 45.9 Å². The summed E-state index contributed by atoms with van der Waals surface area (Å²) in [6.45, 7) is 0. The molecule has 0 spiro atoms. The third kappa shape index (κ3) is 3.92. The third-order valence-corrected chi connectivity index (χ3v) is 10.5. The molecule has 0 radical (unpaired) electrons. The predicted octanol–water partition coefficient (Wildman–Crippen LogP) is 8.20. The lowest BCUT2D eigenvalue weighted by Gasteiger charge is -2.05. The zero-order valence-corrected chi connectivity index (χ0v) is 21.0. The fraction of sp³-hybridized carbons (Fsp3) is 0. The van der Waals surface area contributed by atoms with E-state index in [9.17, 15) is 0 Å². The highest BCUT2D eigenvalue weighted by molar-refractivity contribution is 8.77. The average molecular weight is 515 g/mol. The molecule has 0 unspecified atom stereocenters. The van der Waals surface area contributed by atoms with E-state index in [1.165, 1.54) is 0 Å². The monoisotopic (exact) mass is 514 g/mol. The van der Waals surface area contributed by atoms with Crippen LogP contribution in [0.2, 0.25) is 0 Å². The van der Waals surface area contributed by atoms with Gasteiger partial charge in [0, 0.05) is 33.6 Å². The third-order valence-electron chi connectivity index (χ3n) is 5.48. The van der Waals surface area contributed by atoms with Gasteiger partial charge in [0.2, 0.25) is 0 Å². The standard InChI is InChI=1S/C26H18N4S4/c27-19-11-3-1-7-15(19)17-9-5-13-21-23(17)29-25(31-21)33-34-26-30-24-18(10-6-14-22(24)32-26)16-8-2-4-12-20(16)28/h1-14H,27-28H2. The summed E-state index contributed by atoms with van der Waals surface area (Å²) in [6, 6.07) is 28.4. The Hall–Kier alpha value is -3.04. The summed E-state index contributed by atoms with van der Waals surface area (Å²) < 4.78 is 4.28. The molecule has 4 nitrogen and oxygen atoms in total. The lowest BCUT2D eigenvalue weighted by atomic mass is 10.0. The fourth-order valence-electron chi connectivity index (χ4n) is 3.92. The highest BCUT2D eigenvalue weighted by atomic mass is 33.1. The number of nitrogens with two attached hydrogens (primary N) is 2. The Balaban J connectivity index is 1.31. The SMILES string of the molecule is Nc1ccccc1-c1cccc2sc(SSc3nc4c(-c5ccccc5N)cccc4s3)nc12. The Morgan fingerprint density at radius 1 is 0.500 bits per heavy atom. The molecule has 166 valence electrons. The second-order valence-corrected chi connectivity index (χ2v) is 12.3. The minimum absolute atomic E-state index is 0.760. The van der Waals surface area contributed by atoms with Gasteiger partial charge < -0.3 is 11.5 Å². The molecule has 4 aromatic carbocycles. The van der Waals surface area contributed by atoms with Gasteiger partial charge in [-0.2, -0.15) is 0 Å². The Labute approximate surface area is 212 Å². The van der Waals surface area contributed by atoms with Crippen molar-refractivity contribution in [2.75, 3.05) is 11.5 Å². The number of aromatic nitrogens is 2. The lowest BCUT2D eigenvalue weighted by molar-refractivity contribution is 1.30. The van der Waals surface area contributed by atoms with Crippen molar-refractivity contribution in [1.82, 2.24) is 9.97 Å². The van der Waals surface area contributed by atoms with Crippen molar-refractivity contribution in [2.45, 2.75) is 8.68 Å². The van der Waals surface area contributed by atoms with E-state index in [1.54, 1.807) is 44.3 Å². The highest BCUT2D eigenvalue weighted by Gasteiger charge is 2.15. The van der Waals surface area contributed by atoms with Gasteiger partial charge in [0.15, 0.2) is 8.68 Å². The number of nitrogen functional groups attached to an aromatic ring is 2. The summed E-state index contributed by atoms with van der Waals surface area (Å²) >= 11 is 3.38. The van der Waals surface area contributed by atoms with Gasteiger partial charge in [0.1, 0.15) is 0 Å². The Morgan fingerprint density at radius 2 is 0.912 bits per heavy atom.